The molecule has 2 aromatic carbocycles. The largest absolute Gasteiger partial charge is 0.416 e. The second-order valence-electron chi connectivity index (χ2n) is 6.67. The molecule has 0 bridgehead atoms. The number of alkyl halides is 3. The Morgan fingerprint density at radius 2 is 1.59 bits per heavy atom. The lowest BCUT2D eigenvalue weighted by molar-refractivity contribution is -0.137. The Balaban J connectivity index is 1.77. The van der Waals surface area contributed by atoms with Crippen molar-refractivity contribution >= 4 is 40.6 Å². The van der Waals surface area contributed by atoms with Gasteiger partial charge in [-0.2, -0.15) is 13.2 Å². The molecule has 1 aromatic heterocycles. The smallest absolute Gasteiger partial charge is 0.322 e. The third kappa shape index (κ3) is 5.50. The molecule has 0 saturated heterocycles. The highest BCUT2D eigenvalue weighted by Crippen LogP contribution is 2.30. The summed E-state index contributed by atoms with van der Waals surface area (Å²) in [5.41, 5.74) is -0.422. The number of aromatic nitrogens is 1. The zero-order chi connectivity index (χ0) is 23.5. The maximum atomic E-state index is 12.9. The first kappa shape index (κ1) is 23.0. The van der Waals surface area contributed by atoms with Gasteiger partial charge in [0.1, 0.15) is 5.69 Å². The first-order valence-electron chi connectivity index (χ1n) is 9.11. The molecule has 0 aliphatic rings. The number of pyridine rings is 1. The topological polar surface area (TPSA) is 88.2 Å². The average Bonchev–Trinajstić information content (AvgIpc) is 2.75. The number of anilines is 2. The summed E-state index contributed by atoms with van der Waals surface area (Å²) in [6, 6.07) is 11.0. The van der Waals surface area contributed by atoms with Crippen molar-refractivity contribution in [3.63, 3.8) is 0 Å². The number of Topliss-reactive ketones (excluding diaryl/α,β-unsaturated/α-hetero) is 1. The van der Waals surface area contributed by atoms with Crippen molar-refractivity contribution in [2.24, 2.45) is 0 Å². The summed E-state index contributed by atoms with van der Waals surface area (Å²) in [5.74, 6) is -1.62. The molecule has 164 valence electrons. The predicted octanol–water partition coefficient (Wildman–Crippen LogP) is 5.46. The zero-order valence-corrected chi connectivity index (χ0v) is 17.2. The van der Waals surface area contributed by atoms with Gasteiger partial charge in [-0.15, -0.1) is 0 Å². The van der Waals surface area contributed by atoms with Crippen molar-refractivity contribution in [1.29, 1.82) is 0 Å². The molecule has 0 spiro atoms. The molecule has 10 heteroatoms. The normalized spacial score (nSPS) is 11.0. The number of rotatable bonds is 5. The number of hydrogen-bond donors (Lipinski definition) is 2. The summed E-state index contributed by atoms with van der Waals surface area (Å²) in [6.45, 7) is 1.36. The minimum Gasteiger partial charge on any atom is -0.322 e. The van der Waals surface area contributed by atoms with Crippen LogP contribution in [0, 0.1) is 0 Å². The fourth-order valence-electron chi connectivity index (χ4n) is 2.69. The van der Waals surface area contributed by atoms with E-state index in [0.29, 0.717) is 5.69 Å². The van der Waals surface area contributed by atoms with E-state index >= 15 is 0 Å². The van der Waals surface area contributed by atoms with Crippen molar-refractivity contribution in [1.82, 2.24) is 4.98 Å². The fraction of sp³-hybridized carbons (Fsp3) is 0.0909. The number of hydrogen-bond acceptors (Lipinski definition) is 4. The lowest BCUT2D eigenvalue weighted by atomic mass is 10.1. The standard InChI is InChI=1S/C22H15ClF3N3O3/c1-12(30)19-8-6-16(11-27-19)29-21(32)17-10-15(5-7-18(17)23)28-20(31)13-3-2-4-14(9-13)22(24,25)26/h2-11H,1H3,(H,28,31)(H,29,32). The van der Waals surface area contributed by atoms with Crippen LogP contribution in [-0.4, -0.2) is 22.6 Å². The van der Waals surface area contributed by atoms with Gasteiger partial charge in [0.15, 0.2) is 5.78 Å². The van der Waals surface area contributed by atoms with Crippen LogP contribution in [0.1, 0.15) is 43.7 Å². The van der Waals surface area contributed by atoms with E-state index in [1.165, 1.54) is 49.5 Å². The summed E-state index contributed by atoms with van der Waals surface area (Å²) in [7, 11) is 0. The Hall–Kier alpha value is -3.72. The molecule has 0 fully saturated rings. The predicted molar refractivity (Wildman–Crippen MR) is 113 cm³/mol. The fourth-order valence-corrected chi connectivity index (χ4v) is 2.89. The minimum absolute atomic E-state index is 0.0177. The van der Waals surface area contributed by atoms with E-state index in [4.69, 9.17) is 11.6 Å². The van der Waals surface area contributed by atoms with Gasteiger partial charge < -0.3 is 10.6 Å². The lowest BCUT2D eigenvalue weighted by Crippen LogP contribution is -2.16. The molecule has 2 N–H and O–H groups in total. The molecule has 6 nitrogen and oxygen atoms in total. The molecule has 1 heterocycles. The number of amides is 2. The van der Waals surface area contributed by atoms with E-state index in [-0.39, 0.29) is 33.3 Å². The number of benzene rings is 2. The summed E-state index contributed by atoms with van der Waals surface area (Å²) < 4.78 is 38.6. The van der Waals surface area contributed by atoms with E-state index in [1.54, 1.807) is 0 Å². The third-order valence-corrected chi connectivity index (χ3v) is 4.63. The van der Waals surface area contributed by atoms with E-state index < -0.39 is 23.6 Å². The second-order valence-corrected chi connectivity index (χ2v) is 7.08. The van der Waals surface area contributed by atoms with E-state index in [1.807, 2.05) is 0 Å². The molecular formula is C22H15ClF3N3O3. The zero-order valence-electron chi connectivity index (χ0n) is 16.5. The number of carbonyl (C=O) groups is 3. The Kier molecular flexibility index (Phi) is 6.59. The van der Waals surface area contributed by atoms with Crippen molar-refractivity contribution in [3.05, 3.63) is 88.2 Å². The molecule has 32 heavy (non-hydrogen) atoms. The monoisotopic (exact) mass is 461 g/mol. The number of nitrogens with zero attached hydrogens (tertiary/aromatic N) is 1. The van der Waals surface area contributed by atoms with Crippen LogP contribution in [0.4, 0.5) is 24.5 Å². The first-order valence-corrected chi connectivity index (χ1v) is 9.49. The van der Waals surface area contributed by atoms with Crippen LogP contribution >= 0.6 is 11.6 Å². The molecule has 0 radical (unpaired) electrons. The Morgan fingerprint density at radius 1 is 0.906 bits per heavy atom. The summed E-state index contributed by atoms with van der Waals surface area (Å²) >= 11 is 6.09. The number of nitrogens with one attached hydrogen (secondary N) is 2. The van der Waals surface area contributed by atoms with Crippen molar-refractivity contribution in [2.75, 3.05) is 10.6 Å². The van der Waals surface area contributed by atoms with Crippen LogP contribution in [0.3, 0.4) is 0 Å². The van der Waals surface area contributed by atoms with Gasteiger partial charge >= 0.3 is 6.18 Å². The summed E-state index contributed by atoms with van der Waals surface area (Å²) in [6.07, 6.45) is -3.28. The van der Waals surface area contributed by atoms with Gasteiger partial charge in [0.2, 0.25) is 0 Å². The van der Waals surface area contributed by atoms with Crippen LogP contribution in [0.2, 0.25) is 5.02 Å². The Labute approximate surface area is 185 Å². The molecule has 0 aliphatic heterocycles. The molecule has 0 unspecified atom stereocenters. The first-order chi connectivity index (χ1) is 15.0. The quantitative estimate of drug-likeness (QED) is 0.494. The van der Waals surface area contributed by atoms with Crippen LogP contribution in [0.15, 0.2) is 60.8 Å². The van der Waals surface area contributed by atoms with Gasteiger partial charge in [-0.25, -0.2) is 0 Å². The Bertz CT molecular complexity index is 1200. The van der Waals surface area contributed by atoms with E-state index in [9.17, 15) is 27.6 Å². The van der Waals surface area contributed by atoms with Crippen molar-refractivity contribution in [2.45, 2.75) is 13.1 Å². The molecule has 0 saturated carbocycles. The van der Waals surface area contributed by atoms with Gasteiger partial charge in [-0.05, 0) is 48.5 Å². The van der Waals surface area contributed by atoms with Crippen molar-refractivity contribution < 1.29 is 27.6 Å². The van der Waals surface area contributed by atoms with Gasteiger partial charge in [0.05, 0.1) is 28.0 Å². The van der Waals surface area contributed by atoms with Crippen LogP contribution < -0.4 is 10.6 Å². The van der Waals surface area contributed by atoms with Gasteiger partial charge in [0.25, 0.3) is 11.8 Å². The Morgan fingerprint density at radius 3 is 2.22 bits per heavy atom. The maximum absolute atomic E-state index is 12.9. The third-order valence-electron chi connectivity index (χ3n) is 4.30. The van der Waals surface area contributed by atoms with Crippen LogP contribution in [0.25, 0.3) is 0 Å². The maximum Gasteiger partial charge on any atom is 0.416 e. The molecule has 0 aliphatic carbocycles. The summed E-state index contributed by atoms with van der Waals surface area (Å²) in [5, 5.41) is 5.11. The number of halogens is 4. The highest BCUT2D eigenvalue weighted by Gasteiger charge is 2.30. The summed E-state index contributed by atoms with van der Waals surface area (Å²) in [4.78, 5) is 40.2. The van der Waals surface area contributed by atoms with Crippen molar-refractivity contribution in [3.8, 4) is 0 Å². The molecular weight excluding hydrogens is 447 g/mol. The number of ketones is 1. The van der Waals surface area contributed by atoms with Gasteiger partial charge in [-0.3, -0.25) is 19.4 Å². The molecule has 3 rings (SSSR count). The second kappa shape index (κ2) is 9.19. The van der Waals surface area contributed by atoms with Crippen LogP contribution in [0.5, 0.6) is 0 Å². The molecule has 3 aromatic rings. The average molecular weight is 462 g/mol. The molecule has 0 atom stereocenters. The minimum atomic E-state index is -4.58. The molecule has 2 amide bonds. The lowest BCUT2D eigenvalue weighted by Gasteiger charge is -2.11. The van der Waals surface area contributed by atoms with Gasteiger partial charge in [0, 0.05) is 18.2 Å². The SMILES string of the molecule is CC(=O)c1ccc(NC(=O)c2cc(NC(=O)c3cccc(C(F)(F)F)c3)ccc2Cl)cn1. The van der Waals surface area contributed by atoms with E-state index in [0.717, 1.165) is 18.2 Å². The highest BCUT2D eigenvalue weighted by atomic mass is 35.5. The number of carbonyl (C=O) groups excluding carboxylic acids is 3. The van der Waals surface area contributed by atoms with E-state index in [2.05, 4.69) is 15.6 Å². The highest BCUT2D eigenvalue weighted by molar-refractivity contribution is 6.34. The van der Waals surface area contributed by atoms with Gasteiger partial charge in [-0.1, -0.05) is 17.7 Å². The van der Waals surface area contributed by atoms with Crippen LogP contribution in [-0.2, 0) is 6.18 Å².